The minimum Gasteiger partial charge on any atom is -0.496 e. The molecule has 43 heavy (non-hydrogen) atoms. The molecule has 0 aromatic carbocycles. The molecular weight excluding hydrogens is 546 g/mol. The Morgan fingerprint density at radius 1 is 1.09 bits per heavy atom. The Balaban J connectivity index is 1.31. The van der Waals surface area contributed by atoms with Gasteiger partial charge >= 0.3 is 0 Å². The molecule has 0 N–H and O–H groups in total. The second-order valence-corrected chi connectivity index (χ2v) is 12.3. The molecule has 0 spiro atoms. The van der Waals surface area contributed by atoms with Gasteiger partial charge in [0.15, 0.2) is 11.6 Å². The molecule has 0 aliphatic carbocycles. The van der Waals surface area contributed by atoms with Crippen LogP contribution in [0.5, 0.6) is 5.75 Å². The number of ether oxygens (including phenoxy) is 3. The highest BCUT2D eigenvalue weighted by molar-refractivity contribution is 5.92. The molecule has 3 aliphatic heterocycles. The van der Waals surface area contributed by atoms with Crippen LogP contribution in [-0.2, 0) is 16.5 Å². The summed E-state index contributed by atoms with van der Waals surface area (Å²) in [6, 6.07) is 6.27. The van der Waals surface area contributed by atoms with Crippen LogP contribution in [0.1, 0.15) is 26.0 Å². The van der Waals surface area contributed by atoms with E-state index in [1.807, 2.05) is 29.9 Å². The normalized spacial score (nSPS) is 21.4. The van der Waals surface area contributed by atoms with Gasteiger partial charge in [-0.1, -0.05) is 0 Å². The highest BCUT2D eigenvalue weighted by Crippen LogP contribution is 2.38. The molecule has 3 fully saturated rings. The Kier molecular flexibility index (Phi) is 5.89. The number of aromatic nitrogens is 7. The minimum atomic E-state index is -0.247. The molecule has 0 unspecified atom stereocenters. The predicted molar refractivity (Wildman–Crippen MR) is 163 cm³/mol. The van der Waals surface area contributed by atoms with Gasteiger partial charge in [0, 0.05) is 56.2 Å². The number of hydrogen-bond acceptors (Lipinski definition) is 10. The maximum absolute atomic E-state index is 6.00. The maximum Gasteiger partial charge on any atom is 0.206 e. The molecule has 0 amide bonds. The number of imidazole rings is 1. The van der Waals surface area contributed by atoms with Crippen molar-refractivity contribution < 1.29 is 14.2 Å². The number of pyridine rings is 3. The average Bonchev–Trinajstić information content (AvgIpc) is 3.80. The van der Waals surface area contributed by atoms with Gasteiger partial charge in [0.1, 0.15) is 11.3 Å². The summed E-state index contributed by atoms with van der Waals surface area (Å²) < 4.78 is 21.7. The van der Waals surface area contributed by atoms with Gasteiger partial charge in [0.2, 0.25) is 5.95 Å². The van der Waals surface area contributed by atoms with Crippen LogP contribution in [0.2, 0.25) is 0 Å². The summed E-state index contributed by atoms with van der Waals surface area (Å²) in [6.45, 7) is 9.98. The van der Waals surface area contributed by atoms with Crippen LogP contribution in [0.3, 0.4) is 0 Å². The fraction of sp³-hybridized carbons (Fsp3) is 0.452. The zero-order valence-corrected chi connectivity index (χ0v) is 25.1. The molecule has 3 saturated heterocycles. The average molecular weight is 582 g/mol. The largest absolute Gasteiger partial charge is 0.496 e. The third kappa shape index (κ3) is 4.22. The first-order valence-corrected chi connectivity index (χ1v) is 14.8. The van der Waals surface area contributed by atoms with Crippen LogP contribution in [0.25, 0.3) is 39.0 Å². The van der Waals surface area contributed by atoms with Gasteiger partial charge in [0.25, 0.3) is 0 Å². The van der Waals surface area contributed by atoms with Crippen LogP contribution < -0.4 is 14.5 Å². The van der Waals surface area contributed by atoms with E-state index in [-0.39, 0.29) is 17.7 Å². The zero-order valence-electron chi connectivity index (χ0n) is 25.1. The topological polar surface area (TPSA) is 108 Å². The van der Waals surface area contributed by atoms with Gasteiger partial charge in [-0.05, 0) is 39.3 Å². The number of fused-ring (bicyclic) bond motifs is 4. The summed E-state index contributed by atoms with van der Waals surface area (Å²) in [4.78, 5) is 24.4. The van der Waals surface area contributed by atoms with Gasteiger partial charge in [-0.3, -0.25) is 9.97 Å². The summed E-state index contributed by atoms with van der Waals surface area (Å²) in [5.74, 6) is 3.24. The predicted octanol–water partition coefficient (Wildman–Crippen LogP) is 3.67. The van der Waals surface area contributed by atoms with E-state index in [4.69, 9.17) is 34.3 Å². The fourth-order valence-corrected chi connectivity index (χ4v) is 6.83. The van der Waals surface area contributed by atoms with E-state index in [0.717, 1.165) is 82.5 Å². The molecule has 222 valence electrons. The van der Waals surface area contributed by atoms with Crippen LogP contribution in [0, 0.1) is 6.92 Å². The number of anilines is 2. The number of methoxy groups -OCH3 is 1. The molecule has 2 atom stereocenters. The zero-order chi connectivity index (χ0) is 29.5. The lowest BCUT2D eigenvalue weighted by atomic mass is 10.1. The molecular formula is C31H35N9O3. The van der Waals surface area contributed by atoms with Crippen molar-refractivity contribution in [2.45, 2.75) is 44.9 Å². The molecule has 8 heterocycles. The first-order chi connectivity index (χ1) is 20.8. The maximum atomic E-state index is 6.00. The molecule has 5 aromatic rings. The monoisotopic (exact) mass is 581 g/mol. The van der Waals surface area contributed by atoms with E-state index in [1.54, 1.807) is 19.5 Å². The van der Waals surface area contributed by atoms with Gasteiger partial charge in [0.05, 0.1) is 66.6 Å². The molecule has 2 bridgehead atoms. The second kappa shape index (κ2) is 9.61. The Labute approximate surface area is 249 Å². The van der Waals surface area contributed by atoms with E-state index in [2.05, 4.69) is 46.3 Å². The number of aryl methyl sites for hydroxylation is 2. The van der Waals surface area contributed by atoms with Gasteiger partial charge in [-0.25, -0.2) is 14.6 Å². The van der Waals surface area contributed by atoms with Crippen LogP contribution in [0.15, 0.2) is 36.8 Å². The van der Waals surface area contributed by atoms with Gasteiger partial charge in [-0.2, -0.15) is 5.10 Å². The van der Waals surface area contributed by atoms with Crippen molar-refractivity contribution in [1.29, 1.82) is 0 Å². The SMILES string of the molecule is COc1ccncc1-c1cc2c(cnn2-c2cc3c(nc(N4CCOC(C)(C)C4)n3C)c(N3C[C@H]4C[C@@H]3CO4)n2)c(C)n1. The number of morpholine rings is 2. The molecule has 12 nitrogen and oxygen atoms in total. The quantitative estimate of drug-likeness (QED) is 0.305. The fourth-order valence-electron chi connectivity index (χ4n) is 6.83. The summed E-state index contributed by atoms with van der Waals surface area (Å²) in [5, 5.41) is 5.80. The highest BCUT2D eigenvalue weighted by atomic mass is 16.5. The minimum absolute atomic E-state index is 0.227. The lowest BCUT2D eigenvalue weighted by Crippen LogP contribution is -2.49. The summed E-state index contributed by atoms with van der Waals surface area (Å²) in [6.07, 6.45) is 6.60. The van der Waals surface area contributed by atoms with Crippen molar-refractivity contribution in [2.24, 2.45) is 7.05 Å². The van der Waals surface area contributed by atoms with Crippen molar-refractivity contribution in [1.82, 2.24) is 34.3 Å². The van der Waals surface area contributed by atoms with E-state index in [1.165, 1.54) is 0 Å². The van der Waals surface area contributed by atoms with E-state index in [0.29, 0.717) is 19.0 Å². The van der Waals surface area contributed by atoms with E-state index < -0.39 is 0 Å². The van der Waals surface area contributed by atoms with Gasteiger partial charge < -0.3 is 28.6 Å². The molecule has 0 radical (unpaired) electrons. The van der Waals surface area contributed by atoms with E-state index >= 15 is 0 Å². The van der Waals surface area contributed by atoms with Crippen molar-refractivity contribution in [2.75, 3.05) is 49.8 Å². The molecule has 0 saturated carbocycles. The van der Waals surface area contributed by atoms with E-state index in [9.17, 15) is 0 Å². The number of rotatable bonds is 5. The Bertz CT molecular complexity index is 1880. The Hall–Kier alpha value is -4.29. The number of hydrogen-bond donors (Lipinski definition) is 0. The van der Waals surface area contributed by atoms with Crippen LogP contribution >= 0.6 is 0 Å². The first-order valence-electron chi connectivity index (χ1n) is 14.8. The van der Waals surface area contributed by atoms with Crippen LogP contribution in [-0.4, -0.2) is 92.0 Å². The Morgan fingerprint density at radius 3 is 2.74 bits per heavy atom. The second-order valence-electron chi connectivity index (χ2n) is 12.3. The lowest BCUT2D eigenvalue weighted by Gasteiger charge is -2.38. The van der Waals surface area contributed by atoms with Crippen molar-refractivity contribution >= 4 is 33.7 Å². The molecule has 8 rings (SSSR count). The summed E-state index contributed by atoms with van der Waals surface area (Å²) in [7, 11) is 3.74. The third-order valence-corrected chi connectivity index (χ3v) is 8.95. The lowest BCUT2D eigenvalue weighted by molar-refractivity contribution is -0.0282. The molecule has 3 aliphatic rings. The smallest absolute Gasteiger partial charge is 0.206 e. The molecule has 5 aromatic heterocycles. The highest BCUT2D eigenvalue weighted by Gasteiger charge is 2.41. The first kappa shape index (κ1) is 26.3. The third-order valence-electron chi connectivity index (χ3n) is 8.95. The number of nitrogens with zero attached hydrogens (tertiary/aromatic N) is 9. The summed E-state index contributed by atoms with van der Waals surface area (Å²) in [5.41, 5.74) is 5.03. The van der Waals surface area contributed by atoms with Crippen molar-refractivity contribution in [3.63, 3.8) is 0 Å². The molecule has 12 heteroatoms. The van der Waals surface area contributed by atoms with Gasteiger partial charge in [-0.15, -0.1) is 0 Å². The Morgan fingerprint density at radius 2 is 1.98 bits per heavy atom. The van der Waals surface area contributed by atoms with Crippen molar-refractivity contribution in [3.8, 4) is 22.8 Å². The summed E-state index contributed by atoms with van der Waals surface area (Å²) >= 11 is 0. The van der Waals surface area contributed by atoms with Crippen LogP contribution in [0.4, 0.5) is 11.8 Å². The van der Waals surface area contributed by atoms with Crippen molar-refractivity contribution in [3.05, 3.63) is 42.5 Å². The standard InChI is InChI=1S/C31H35N9O3/c1-18-21-14-33-40(24(21)11-23(34-18)22-13-32-7-6-26(22)41-5)27-12-25-28(29(35-27)39-15-20-10-19(39)16-42-20)36-30(37(25)4)38-8-9-43-31(2,3)17-38/h6-7,11-14,19-20H,8-10,15-17H2,1-5H3/t19-,20-/m1/s1.